The van der Waals surface area contributed by atoms with Crippen LogP contribution in [0.5, 0.6) is 0 Å². The Morgan fingerprint density at radius 3 is 2.81 bits per heavy atom. The van der Waals surface area contributed by atoms with Gasteiger partial charge in [0.25, 0.3) is 5.91 Å². The number of rotatable bonds is 5. The van der Waals surface area contributed by atoms with Gasteiger partial charge in [0, 0.05) is 35.6 Å². The van der Waals surface area contributed by atoms with E-state index in [4.69, 9.17) is 0 Å². The molecule has 2 amide bonds. The van der Waals surface area contributed by atoms with E-state index in [1.54, 1.807) is 12.1 Å². The maximum absolute atomic E-state index is 13.6. The van der Waals surface area contributed by atoms with Gasteiger partial charge in [0.1, 0.15) is 5.82 Å². The number of H-pyrrole nitrogens is 1. The molecule has 2 heterocycles. The third-order valence-corrected chi connectivity index (χ3v) is 4.66. The molecule has 0 saturated carbocycles. The Morgan fingerprint density at radius 2 is 2.08 bits per heavy atom. The number of nitrogens with one attached hydrogen (secondary N) is 3. The minimum absolute atomic E-state index is 0.0203. The molecule has 0 unspecified atom stereocenters. The van der Waals surface area contributed by atoms with Crippen molar-refractivity contribution in [2.75, 3.05) is 11.9 Å². The Bertz CT molecular complexity index is 912. The van der Waals surface area contributed by atoms with Gasteiger partial charge in [0.05, 0.1) is 5.57 Å². The predicted molar refractivity (Wildman–Crippen MR) is 100 cm³/mol. The first-order chi connectivity index (χ1) is 12.4. The van der Waals surface area contributed by atoms with Crippen molar-refractivity contribution in [2.45, 2.75) is 33.6 Å². The van der Waals surface area contributed by atoms with E-state index in [-0.39, 0.29) is 17.6 Å². The highest BCUT2D eigenvalue weighted by Gasteiger charge is 2.25. The van der Waals surface area contributed by atoms with Gasteiger partial charge in [-0.05, 0) is 62.6 Å². The average molecular weight is 355 g/mol. The predicted octanol–water partition coefficient (Wildman–Crippen LogP) is 3.33. The summed E-state index contributed by atoms with van der Waals surface area (Å²) < 4.78 is 13.6. The fraction of sp³-hybridized carbons (Fsp3) is 0.300. The van der Waals surface area contributed by atoms with E-state index in [0.29, 0.717) is 36.2 Å². The van der Waals surface area contributed by atoms with Crippen LogP contribution in [0.15, 0.2) is 18.2 Å². The molecule has 0 atom stereocenters. The number of fused-ring (bicyclic) bond motifs is 1. The largest absolute Gasteiger partial charge is 0.359 e. The fourth-order valence-electron chi connectivity index (χ4n) is 3.31. The Morgan fingerprint density at radius 1 is 1.31 bits per heavy atom. The second-order valence-corrected chi connectivity index (χ2v) is 6.42. The SMILES string of the molecule is CCNC(=O)CCc1c(C)[nH]c(/C=C2\C(=O)Nc3ccc(F)cc32)c1C. The zero-order valence-corrected chi connectivity index (χ0v) is 15.1. The Balaban J connectivity index is 1.91. The van der Waals surface area contributed by atoms with Crippen molar-refractivity contribution in [1.82, 2.24) is 10.3 Å². The van der Waals surface area contributed by atoms with Crippen LogP contribution >= 0.6 is 0 Å². The number of anilines is 1. The van der Waals surface area contributed by atoms with Crippen LogP contribution < -0.4 is 10.6 Å². The van der Waals surface area contributed by atoms with Gasteiger partial charge in [-0.3, -0.25) is 9.59 Å². The second kappa shape index (κ2) is 7.15. The van der Waals surface area contributed by atoms with Gasteiger partial charge in [0.15, 0.2) is 0 Å². The maximum atomic E-state index is 13.6. The summed E-state index contributed by atoms with van der Waals surface area (Å²) in [5.74, 6) is -0.610. The number of aromatic amines is 1. The van der Waals surface area contributed by atoms with Crippen LogP contribution in [0.4, 0.5) is 10.1 Å². The quantitative estimate of drug-likeness (QED) is 0.720. The molecular weight excluding hydrogens is 333 g/mol. The van der Waals surface area contributed by atoms with E-state index >= 15 is 0 Å². The average Bonchev–Trinajstić information content (AvgIpc) is 3.03. The van der Waals surface area contributed by atoms with Crippen molar-refractivity contribution in [3.8, 4) is 0 Å². The van der Waals surface area contributed by atoms with E-state index < -0.39 is 0 Å². The zero-order chi connectivity index (χ0) is 18.8. The van der Waals surface area contributed by atoms with Gasteiger partial charge >= 0.3 is 0 Å². The molecule has 0 fully saturated rings. The molecule has 3 rings (SSSR count). The number of carbonyl (C=O) groups is 2. The van der Waals surface area contributed by atoms with Crippen molar-refractivity contribution in [2.24, 2.45) is 0 Å². The Kier molecular flexibility index (Phi) is 4.93. The smallest absolute Gasteiger partial charge is 0.256 e. The van der Waals surface area contributed by atoms with Crippen LogP contribution in [0.1, 0.15) is 41.4 Å². The van der Waals surface area contributed by atoms with E-state index in [9.17, 15) is 14.0 Å². The van der Waals surface area contributed by atoms with E-state index in [1.807, 2.05) is 20.8 Å². The summed E-state index contributed by atoms with van der Waals surface area (Å²) in [7, 11) is 0. The molecule has 1 aromatic heterocycles. The first-order valence-electron chi connectivity index (χ1n) is 8.68. The molecule has 5 nitrogen and oxygen atoms in total. The van der Waals surface area contributed by atoms with Crippen LogP contribution in [0.3, 0.4) is 0 Å². The number of benzene rings is 1. The molecule has 0 bridgehead atoms. The normalized spacial score (nSPS) is 14.5. The summed E-state index contributed by atoms with van der Waals surface area (Å²) in [4.78, 5) is 27.3. The number of hydrogen-bond donors (Lipinski definition) is 3. The zero-order valence-electron chi connectivity index (χ0n) is 15.1. The third-order valence-electron chi connectivity index (χ3n) is 4.66. The lowest BCUT2D eigenvalue weighted by Crippen LogP contribution is -2.22. The molecule has 26 heavy (non-hydrogen) atoms. The summed E-state index contributed by atoms with van der Waals surface area (Å²) in [6, 6.07) is 4.25. The molecule has 1 aromatic carbocycles. The van der Waals surface area contributed by atoms with Crippen molar-refractivity contribution in [3.05, 3.63) is 52.1 Å². The Labute approximate surface area is 151 Å². The van der Waals surface area contributed by atoms with Gasteiger partial charge in [-0.15, -0.1) is 0 Å². The van der Waals surface area contributed by atoms with Gasteiger partial charge in [0.2, 0.25) is 5.91 Å². The van der Waals surface area contributed by atoms with E-state index in [1.165, 1.54) is 12.1 Å². The molecule has 136 valence electrons. The number of amides is 2. The van der Waals surface area contributed by atoms with Crippen molar-refractivity contribution < 1.29 is 14.0 Å². The minimum atomic E-state index is -0.381. The third kappa shape index (κ3) is 3.40. The summed E-state index contributed by atoms with van der Waals surface area (Å²) in [5, 5.41) is 5.54. The van der Waals surface area contributed by atoms with Crippen LogP contribution in [0.2, 0.25) is 0 Å². The van der Waals surface area contributed by atoms with Gasteiger partial charge in [-0.1, -0.05) is 0 Å². The Hall–Kier alpha value is -2.89. The first-order valence-corrected chi connectivity index (χ1v) is 8.68. The summed E-state index contributed by atoms with van der Waals surface area (Å²) in [6.45, 7) is 6.42. The highest BCUT2D eigenvalue weighted by molar-refractivity contribution is 6.34. The number of carbonyl (C=O) groups excluding carboxylic acids is 2. The molecule has 0 saturated heterocycles. The lowest BCUT2D eigenvalue weighted by Gasteiger charge is -2.04. The molecule has 0 spiro atoms. The molecule has 2 aromatic rings. The topological polar surface area (TPSA) is 74.0 Å². The maximum Gasteiger partial charge on any atom is 0.256 e. The van der Waals surface area contributed by atoms with Crippen LogP contribution in [0, 0.1) is 19.7 Å². The molecule has 6 heteroatoms. The van der Waals surface area contributed by atoms with Crippen molar-refractivity contribution >= 4 is 29.2 Å². The molecule has 0 aliphatic carbocycles. The lowest BCUT2D eigenvalue weighted by molar-refractivity contribution is -0.121. The summed E-state index contributed by atoms with van der Waals surface area (Å²) in [6.07, 6.45) is 2.79. The molecule has 0 radical (unpaired) electrons. The number of aromatic nitrogens is 1. The van der Waals surface area contributed by atoms with Gasteiger partial charge < -0.3 is 15.6 Å². The van der Waals surface area contributed by atoms with Crippen molar-refractivity contribution in [3.63, 3.8) is 0 Å². The fourth-order valence-corrected chi connectivity index (χ4v) is 3.31. The standard InChI is InChI=1S/C20H22FN3O2/c1-4-22-19(25)8-6-14-11(2)18(23-12(14)3)10-16-15-9-13(21)5-7-17(15)24-20(16)26/h5,7,9-10,23H,4,6,8H2,1-3H3,(H,22,25)(H,24,26)/b16-10-. The van der Waals surface area contributed by atoms with Crippen LogP contribution in [-0.2, 0) is 16.0 Å². The second-order valence-electron chi connectivity index (χ2n) is 6.42. The minimum Gasteiger partial charge on any atom is -0.359 e. The van der Waals surface area contributed by atoms with Gasteiger partial charge in [-0.2, -0.15) is 0 Å². The van der Waals surface area contributed by atoms with E-state index in [0.717, 1.165) is 22.5 Å². The number of aryl methyl sites for hydroxylation is 1. The number of halogens is 1. The van der Waals surface area contributed by atoms with Crippen LogP contribution in [0.25, 0.3) is 11.6 Å². The summed E-state index contributed by atoms with van der Waals surface area (Å²) >= 11 is 0. The molecule has 3 N–H and O–H groups in total. The first kappa shape index (κ1) is 17.9. The number of hydrogen-bond acceptors (Lipinski definition) is 2. The summed E-state index contributed by atoms with van der Waals surface area (Å²) in [5.41, 5.74) is 5.44. The molecule has 1 aliphatic heterocycles. The lowest BCUT2D eigenvalue weighted by atomic mass is 10.0. The van der Waals surface area contributed by atoms with Crippen LogP contribution in [-0.4, -0.2) is 23.3 Å². The highest BCUT2D eigenvalue weighted by atomic mass is 19.1. The molecule has 1 aliphatic rings. The van der Waals surface area contributed by atoms with Gasteiger partial charge in [-0.25, -0.2) is 4.39 Å². The monoisotopic (exact) mass is 355 g/mol. The van der Waals surface area contributed by atoms with E-state index in [2.05, 4.69) is 15.6 Å². The van der Waals surface area contributed by atoms with Crippen molar-refractivity contribution in [1.29, 1.82) is 0 Å². The highest BCUT2D eigenvalue weighted by Crippen LogP contribution is 2.34. The molecular formula is C20H22FN3O2.